The van der Waals surface area contributed by atoms with E-state index in [1.807, 2.05) is 43.0 Å². The van der Waals surface area contributed by atoms with Crippen molar-refractivity contribution in [2.45, 2.75) is 172 Å². The van der Waals surface area contributed by atoms with Crippen LogP contribution < -0.4 is 16.0 Å². The smallest absolute Gasteiger partial charge is 0.283 e. The molecule has 9 N–H and O–H groups in total. The number of para-hydroxylation sites is 1. The summed E-state index contributed by atoms with van der Waals surface area (Å²) in [4.78, 5) is 21.5. The first-order chi connectivity index (χ1) is 54.1. The molecule has 3 aromatic heterocycles. The first-order valence-corrected chi connectivity index (χ1v) is 40.0. The average molecular weight is 1580 g/mol. The summed E-state index contributed by atoms with van der Waals surface area (Å²) < 4.78 is 180. The molecule has 6 aromatic carbocycles. The third-order valence-electron chi connectivity index (χ3n) is 23.6. The summed E-state index contributed by atoms with van der Waals surface area (Å²) in [6.07, 6.45) is 8.20. The Kier molecular flexibility index (Phi) is 26.0. The number of halogens is 12. The van der Waals surface area contributed by atoms with Gasteiger partial charge in [-0.1, -0.05) is 58.2 Å². The van der Waals surface area contributed by atoms with Crippen molar-refractivity contribution in [1.29, 1.82) is 0 Å². The number of aromatic amines is 3. The summed E-state index contributed by atoms with van der Waals surface area (Å²) in [5, 5.41) is 40.8. The van der Waals surface area contributed by atoms with E-state index in [2.05, 4.69) is 66.4 Å². The number of aromatic nitrogens is 3. The number of fused-ring (bicyclic) bond motifs is 9. The molecule has 15 rings (SSSR count). The average Bonchev–Trinajstić information content (AvgIpc) is 1.61. The van der Waals surface area contributed by atoms with E-state index >= 15 is 30.7 Å². The molecule has 3 saturated heterocycles. The van der Waals surface area contributed by atoms with Crippen molar-refractivity contribution < 1.29 is 68.0 Å². The zero-order valence-electron chi connectivity index (χ0n) is 65.2. The van der Waals surface area contributed by atoms with Gasteiger partial charge in [-0.3, -0.25) is 33.8 Å². The van der Waals surface area contributed by atoms with Gasteiger partial charge < -0.3 is 46.2 Å². The molecule has 0 radical (unpaired) electrons. The molecule has 612 valence electrons. The van der Waals surface area contributed by atoms with E-state index in [-0.39, 0.29) is 66.6 Å². The second-order valence-corrected chi connectivity index (χ2v) is 32.6. The standard InChI is InChI=1S/C29H36F4N4O.C29H37F3N4O.C28H33F5N4O/c1-4-5-8-36-13-20(14-36)34-19-11-23(31)26(24(32)12-19)28-27-22(21-7-6-18(30)10-25(21)35-27)9-17(2)37(28)15-29(3,33)16-38;1-3-4-9-35-15-21(16-35)33-20-11-24(31)27(25(32)12-20)29-28-23(22-7-5-6-8-26(22)34-28)10-18(2)36(29)14-19(13-30)17-37;1-3-4-7-36-12-19(13-36)34-18-10-22(30)25(23(31)11-18)27-26-21(20-6-5-17(29)9-24(20)35-26)8-16(2)37(27)14-28(32,33)15-38/h6-7,10-12,17,20,28,34-35,38H,4-5,8-9,13-16H2,1-3H3;5-8,11-12,18-19,21,29,33-34,37H,3-4,9-10,13-17H2,1-2H3;5-6,9-11,16,19,27,34-35,38H,3-4,7-8,12-15H2,1-2H3/t17-,28-,29-;18-,19-,29-;16-,27-/m111/s1. The van der Waals surface area contributed by atoms with Gasteiger partial charge in [-0.2, -0.15) is 0 Å². The van der Waals surface area contributed by atoms with E-state index in [0.29, 0.717) is 69.7 Å². The monoisotopic (exact) mass is 1580 g/mol. The molecule has 15 nitrogen and oxygen atoms in total. The zero-order chi connectivity index (χ0) is 80.5. The van der Waals surface area contributed by atoms with E-state index < -0.39 is 115 Å². The molecule has 0 spiro atoms. The molecule has 8 atom stereocenters. The number of aliphatic hydroxyl groups excluding tert-OH is 3. The fraction of sp³-hybridized carbons (Fsp3) is 0.512. The number of H-pyrrole nitrogens is 3. The van der Waals surface area contributed by atoms with Gasteiger partial charge in [-0.15, -0.1) is 0 Å². The Bertz CT molecular complexity index is 4490. The predicted molar refractivity (Wildman–Crippen MR) is 420 cm³/mol. The van der Waals surface area contributed by atoms with Crippen molar-refractivity contribution in [2.24, 2.45) is 5.92 Å². The van der Waals surface area contributed by atoms with Gasteiger partial charge in [0.05, 0.1) is 56.1 Å². The van der Waals surface area contributed by atoms with Gasteiger partial charge in [-0.05, 0) is 181 Å². The lowest BCUT2D eigenvalue weighted by Crippen LogP contribution is -2.54. The van der Waals surface area contributed by atoms with Gasteiger partial charge in [0, 0.05) is 167 Å². The van der Waals surface area contributed by atoms with E-state index in [4.69, 9.17) is 0 Å². The van der Waals surface area contributed by atoms with Crippen LogP contribution in [0.25, 0.3) is 32.7 Å². The summed E-state index contributed by atoms with van der Waals surface area (Å²) in [7, 11) is 0. The SMILES string of the molecule is CCCCN1CC(Nc2cc(F)c([C@@H]3c4[nH]c5cc(F)ccc5c4C[C@@H](C)N3CC(F)(F)CO)c(F)c2)C1.CCCCN1CC(Nc2cc(F)c([C@@H]3c4[nH]c5cc(F)ccc5c4C[C@@H](C)N3C[C@@](C)(F)CO)c(F)c2)C1.CCCCN1CC(Nc2cc(F)c([C@@H]3c4[nH]c5ccccc5c4C[C@@H](C)N3C[C@H](CO)CF)c(F)c2)C1. The van der Waals surface area contributed by atoms with E-state index in [9.17, 15) is 37.3 Å². The number of benzene rings is 6. The van der Waals surface area contributed by atoms with Crippen molar-refractivity contribution in [3.63, 3.8) is 0 Å². The number of anilines is 3. The van der Waals surface area contributed by atoms with Crippen molar-refractivity contribution in [3.05, 3.63) is 194 Å². The van der Waals surface area contributed by atoms with Crippen LogP contribution in [0.1, 0.15) is 156 Å². The number of alkyl halides is 4. The number of nitrogens with zero attached hydrogens (tertiary/aromatic N) is 6. The highest BCUT2D eigenvalue weighted by atomic mass is 19.3. The second-order valence-electron chi connectivity index (χ2n) is 32.6. The largest absolute Gasteiger partial charge is 0.396 e. The van der Waals surface area contributed by atoms with E-state index in [1.54, 1.807) is 24.0 Å². The second kappa shape index (κ2) is 35.3. The lowest BCUT2D eigenvalue weighted by atomic mass is 9.87. The predicted octanol–water partition coefficient (Wildman–Crippen LogP) is 16.2. The van der Waals surface area contributed by atoms with Crippen LogP contribution in [0.4, 0.5) is 69.7 Å². The number of hydrogen-bond acceptors (Lipinski definition) is 12. The molecule has 9 heterocycles. The van der Waals surface area contributed by atoms with Gasteiger partial charge in [0.15, 0.2) is 0 Å². The maximum Gasteiger partial charge on any atom is 0.283 e. The van der Waals surface area contributed by atoms with Crippen molar-refractivity contribution in [2.75, 3.05) is 121 Å². The highest BCUT2D eigenvalue weighted by molar-refractivity contribution is 5.87. The lowest BCUT2D eigenvalue weighted by molar-refractivity contribution is -0.0869. The Morgan fingerprint density at radius 3 is 1.15 bits per heavy atom. The molecule has 113 heavy (non-hydrogen) atoms. The number of rotatable bonds is 28. The van der Waals surface area contributed by atoms with Crippen molar-refractivity contribution in [1.82, 2.24) is 44.4 Å². The Hall–Kier alpha value is -7.86. The molecule has 0 aliphatic carbocycles. The number of aliphatic hydroxyl groups is 3. The molecule has 27 heteroatoms. The molecular formula is C86H106F12N12O3. The Balaban J connectivity index is 0.000000148. The van der Waals surface area contributed by atoms with Crippen LogP contribution in [-0.2, 0) is 19.3 Å². The molecule has 0 bridgehead atoms. The maximum atomic E-state index is 15.8. The maximum absolute atomic E-state index is 15.8. The topological polar surface area (TPSA) is 164 Å². The number of likely N-dealkylation sites (tertiary alicyclic amines) is 3. The highest BCUT2D eigenvalue weighted by Crippen LogP contribution is 2.48. The molecule has 6 aliphatic heterocycles. The van der Waals surface area contributed by atoms with Crippen LogP contribution in [0.15, 0.2) is 97.1 Å². The number of nitrogens with one attached hydrogen (secondary N) is 6. The first-order valence-electron chi connectivity index (χ1n) is 40.0. The number of unbranched alkanes of at least 4 members (excludes halogenated alkanes) is 3. The molecule has 0 amide bonds. The normalized spacial score (nSPS) is 21.7. The van der Waals surface area contributed by atoms with Crippen molar-refractivity contribution >= 4 is 49.8 Å². The van der Waals surface area contributed by atoms with Crippen LogP contribution in [0, 0.1) is 52.5 Å². The first kappa shape index (κ1) is 83.1. The fourth-order valence-electron chi connectivity index (χ4n) is 17.7. The van der Waals surface area contributed by atoms with Crippen molar-refractivity contribution in [3.8, 4) is 0 Å². The van der Waals surface area contributed by atoms with Gasteiger partial charge in [0.1, 0.15) is 58.8 Å². The van der Waals surface area contributed by atoms with Crippen LogP contribution in [0.5, 0.6) is 0 Å². The van der Waals surface area contributed by atoms with Crippen LogP contribution in [-0.4, -0.2) is 213 Å². The lowest BCUT2D eigenvalue weighted by Gasteiger charge is -2.43. The molecule has 0 unspecified atom stereocenters. The summed E-state index contributed by atoms with van der Waals surface area (Å²) in [6, 6.07) is 20.7. The van der Waals surface area contributed by atoms with E-state index in [0.717, 1.165) is 131 Å². The molecule has 3 fully saturated rings. The minimum absolute atomic E-state index is 0.0429. The minimum atomic E-state index is -3.48. The molecule has 9 aromatic rings. The Morgan fingerprint density at radius 2 is 0.796 bits per heavy atom. The van der Waals surface area contributed by atoms with Crippen LogP contribution in [0.2, 0.25) is 0 Å². The zero-order valence-corrected chi connectivity index (χ0v) is 65.2. The van der Waals surface area contributed by atoms with Crippen LogP contribution in [0.3, 0.4) is 0 Å². The summed E-state index contributed by atoms with van der Waals surface area (Å²) >= 11 is 0. The molecule has 6 aliphatic rings. The van der Waals surface area contributed by atoms with Crippen LogP contribution >= 0.6 is 0 Å². The Labute approximate surface area is 652 Å². The Morgan fingerprint density at radius 1 is 0.451 bits per heavy atom. The minimum Gasteiger partial charge on any atom is -0.396 e. The fourth-order valence-corrected chi connectivity index (χ4v) is 17.7. The summed E-state index contributed by atoms with van der Waals surface area (Å²) in [5.41, 5.74) is 4.56. The van der Waals surface area contributed by atoms with Gasteiger partial charge in [-0.25, -0.2) is 48.3 Å². The quantitative estimate of drug-likeness (QED) is 0.0214. The van der Waals surface area contributed by atoms with E-state index in [1.165, 1.54) is 72.5 Å². The third kappa shape index (κ3) is 18.1. The van der Waals surface area contributed by atoms with Gasteiger partial charge >= 0.3 is 0 Å². The summed E-state index contributed by atoms with van der Waals surface area (Å²) in [6.45, 7) is 17.2. The number of hydrogen-bond donors (Lipinski definition) is 9. The summed E-state index contributed by atoms with van der Waals surface area (Å²) in [5.74, 6) is -9.46. The third-order valence-corrected chi connectivity index (χ3v) is 23.6. The van der Waals surface area contributed by atoms with Gasteiger partial charge in [0.2, 0.25) is 0 Å². The highest BCUT2D eigenvalue weighted by Gasteiger charge is 2.47. The molecular weight excluding hydrogens is 1480 g/mol. The van der Waals surface area contributed by atoms with Gasteiger partial charge in [0.25, 0.3) is 5.92 Å². The molecule has 0 saturated carbocycles.